The molecular weight excluding hydrogens is 453 g/mol. The molecule has 1 heterocycles. The summed E-state index contributed by atoms with van der Waals surface area (Å²) in [4.78, 5) is 19.3. The minimum atomic E-state index is -0.566. The van der Waals surface area contributed by atoms with E-state index in [4.69, 9.17) is 27.9 Å². The van der Waals surface area contributed by atoms with Gasteiger partial charge in [-0.3, -0.25) is 10.1 Å². The minimum Gasteiger partial charge on any atom is -0.457 e. The van der Waals surface area contributed by atoms with Crippen molar-refractivity contribution in [3.8, 4) is 11.5 Å². The highest BCUT2D eigenvalue weighted by Gasteiger charge is 2.23. The Morgan fingerprint density at radius 3 is 1.94 bits per heavy atom. The summed E-state index contributed by atoms with van der Waals surface area (Å²) in [5, 5.41) is 18.4. The van der Waals surface area contributed by atoms with E-state index in [9.17, 15) is 10.1 Å². The molecule has 0 spiro atoms. The SMILES string of the molecule is O=[N+]([O-])c1c(Nc2ccc(Oc3ccccc3)cc2)ncnc1Nc1cc(Cl)cc(Cl)c1. The van der Waals surface area contributed by atoms with Crippen LogP contribution in [0.1, 0.15) is 0 Å². The number of halogens is 2. The van der Waals surface area contributed by atoms with Crippen molar-refractivity contribution in [3.05, 3.63) is 99.3 Å². The monoisotopic (exact) mass is 467 g/mol. The second-order valence-electron chi connectivity index (χ2n) is 6.52. The first-order chi connectivity index (χ1) is 15.5. The largest absolute Gasteiger partial charge is 0.457 e. The van der Waals surface area contributed by atoms with Gasteiger partial charge in [-0.1, -0.05) is 41.4 Å². The highest BCUT2D eigenvalue weighted by Crippen LogP contribution is 2.34. The fourth-order valence-corrected chi connectivity index (χ4v) is 3.39. The van der Waals surface area contributed by atoms with Crippen molar-refractivity contribution in [2.24, 2.45) is 0 Å². The van der Waals surface area contributed by atoms with Gasteiger partial charge in [0, 0.05) is 21.4 Å². The van der Waals surface area contributed by atoms with Crippen LogP contribution in [0.5, 0.6) is 11.5 Å². The van der Waals surface area contributed by atoms with Crippen molar-refractivity contribution < 1.29 is 9.66 Å². The number of rotatable bonds is 7. The zero-order chi connectivity index (χ0) is 22.5. The molecule has 3 aromatic carbocycles. The van der Waals surface area contributed by atoms with Gasteiger partial charge in [-0.2, -0.15) is 0 Å². The number of hydrogen-bond acceptors (Lipinski definition) is 7. The Morgan fingerprint density at radius 2 is 1.34 bits per heavy atom. The lowest BCUT2D eigenvalue weighted by Crippen LogP contribution is -2.05. The smallest absolute Gasteiger partial charge is 0.353 e. The number of ether oxygens (including phenoxy) is 1. The number of aromatic nitrogens is 2. The quantitative estimate of drug-likeness (QED) is 0.223. The van der Waals surface area contributed by atoms with Crippen molar-refractivity contribution in [2.75, 3.05) is 10.6 Å². The summed E-state index contributed by atoms with van der Waals surface area (Å²) < 4.78 is 5.76. The number of hydrogen-bond donors (Lipinski definition) is 2. The van der Waals surface area contributed by atoms with Crippen LogP contribution in [-0.4, -0.2) is 14.9 Å². The van der Waals surface area contributed by atoms with Crippen molar-refractivity contribution in [2.45, 2.75) is 0 Å². The highest BCUT2D eigenvalue weighted by molar-refractivity contribution is 6.35. The first-order valence-corrected chi connectivity index (χ1v) is 10.1. The highest BCUT2D eigenvalue weighted by atomic mass is 35.5. The van der Waals surface area contributed by atoms with E-state index in [2.05, 4.69) is 20.6 Å². The lowest BCUT2D eigenvalue weighted by atomic mass is 10.3. The Balaban J connectivity index is 1.57. The van der Waals surface area contributed by atoms with Gasteiger partial charge >= 0.3 is 5.69 Å². The summed E-state index contributed by atoms with van der Waals surface area (Å²) in [6.07, 6.45) is 1.22. The van der Waals surface area contributed by atoms with E-state index >= 15 is 0 Å². The van der Waals surface area contributed by atoms with Crippen LogP contribution in [0.15, 0.2) is 79.1 Å². The number of benzene rings is 3. The fourth-order valence-electron chi connectivity index (χ4n) is 2.87. The van der Waals surface area contributed by atoms with Crippen molar-refractivity contribution >= 4 is 51.9 Å². The van der Waals surface area contributed by atoms with Crippen LogP contribution >= 0.6 is 23.2 Å². The van der Waals surface area contributed by atoms with Gasteiger partial charge in [-0.15, -0.1) is 0 Å². The van der Waals surface area contributed by atoms with Crippen molar-refractivity contribution in [1.29, 1.82) is 0 Å². The number of para-hydroxylation sites is 1. The molecular formula is C22H15Cl2N5O3. The van der Waals surface area contributed by atoms with E-state index < -0.39 is 4.92 Å². The molecule has 0 amide bonds. The summed E-state index contributed by atoms with van der Waals surface area (Å²) in [7, 11) is 0. The van der Waals surface area contributed by atoms with Gasteiger partial charge in [0.15, 0.2) is 0 Å². The van der Waals surface area contributed by atoms with Gasteiger partial charge in [-0.25, -0.2) is 9.97 Å². The molecule has 0 aliphatic heterocycles. The Morgan fingerprint density at radius 1 is 0.781 bits per heavy atom. The Labute approximate surface area is 193 Å². The van der Waals surface area contributed by atoms with Crippen LogP contribution in [0.3, 0.4) is 0 Å². The van der Waals surface area contributed by atoms with Crippen LogP contribution in [0.25, 0.3) is 0 Å². The van der Waals surface area contributed by atoms with Gasteiger partial charge in [0.1, 0.15) is 17.8 Å². The summed E-state index contributed by atoms with van der Waals surface area (Å²) in [5.41, 5.74) is 0.717. The average molecular weight is 468 g/mol. The van der Waals surface area contributed by atoms with E-state index in [1.807, 2.05) is 30.3 Å². The fraction of sp³-hybridized carbons (Fsp3) is 0. The van der Waals surface area contributed by atoms with Crippen LogP contribution in [0, 0.1) is 10.1 Å². The van der Waals surface area contributed by atoms with E-state index in [1.165, 1.54) is 6.33 Å². The van der Waals surface area contributed by atoms with Gasteiger partial charge in [0.05, 0.1) is 4.92 Å². The summed E-state index contributed by atoms with van der Waals surface area (Å²) >= 11 is 12.0. The topological polar surface area (TPSA) is 102 Å². The number of nitrogens with zero attached hydrogens (tertiary/aromatic N) is 3. The normalized spacial score (nSPS) is 10.4. The molecule has 0 atom stereocenters. The molecule has 160 valence electrons. The zero-order valence-corrected chi connectivity index (χ0v) is 17.8. The van der Waals surface area contributed by atoms with Crippen LogP contribution < -0.4 is 15.4 Å². The molecule has 0 unspecified atom stereocenters. The van der Waals surface area contributed by atoms with Crippen molar-refractivity contribution in [3.63, 3.8) is 0 Å². The van der Waals surface area contributed by atoms with E-state index in [-0.39, 0.29) is 17.3 Å². The molecule has 0 aliphatic carbocycles. The van der Waals surface area contributed by atoms with Crippen molar-refractivity contribution in [1.82, 2.24) is 9.97 Å². The molecule has 10 heteroatoms. The Hall–Kier alpha value is -3.88. The van der Waals surface area contributed by atoms with E-state index in [0.717, 1.165) is 0 Å². The molecule has 2 N–H and O–H groups in total. The Bertz CT molecular complexity index is 1230. The molecule has 4 rings (SSSR count). The maximum absolute atomic E-state index is 11.8. The third-order valence-corrected chi connectivity index (χ3v) is 4.66. The van der Waals surface area contributed by atoms with Crippen LogP contribution in [0.4, 0.5) is 28.7 Å². The molecule has 0 aliphatic rings. The molecule has 32 heavy (non-hydrogen) atoms. The van der Waals surface area contributed by atoms with E-state index in [1.54, 1.807) is 42.5 Å². The number of anilines is 4. The molecule has 0 bridgehead atoms. The predicted molar refractivity (Wildman–Crippen MR) is 125 cm³/mol. The third-order valence-electron chi connectivity index (χ3n) is 4.23. The number of nitrogens with one attached hydrogen (secondary N) is 2. The molecule has 1 aromatic heterocycles. The average Bonchev–Trinajstić information content (AvgIpc) is 2.75. The molecule has 0 saturated heterocycles. The van der Waals surface area contributed by atoms with Gasteiger partial charge in [-0.05, 0) is 54.6 Å². The first kappa shape index (κ1) is 21.4. The lowest BCUT2D eigenvalue weighted by molar-refractivity contribution is -0.383. The van der Waals surface area contributed by atoms with Gasteiger partial charge in [0.25, 0.3) is 0 Å². The van der Waals surface area contributed by atoms with Gasteiger partial charge < -0.3 is 15.4 Å². The van der Waals surface area contributed by atoms with E-state index in [0.29, 0.717) is 32.9 Å². The lowest BCUT2D eigenvalue weighted by Gasteiger charge is -2.11. The first-order valence-electron chi connectivity index (χ1n) is 9.30. The molecule has 0 radical (unpaired) electrons. The van der Waals surface area contributed by atoms with Crippen LogP contribution in [0.2, 0.25) is 10.0 Å². The predicted octanol–water partition coefficient (Wildman–Crippen LogP) is 6.97. The summed E-state index contributed by atoms with van der Waals surface area (Å²) in [6.45, 7) is 0. The maximum atomic E-state index is 11.8. The number of nitro groups is 1. The summed E-state index contributed by atoms with van der Waals surface area (Å²) in [6, 6.07) is 21.0. The molecule has 4 aromatic rings. The Kier molecular flexibility index (Phi) is 6.34. The second-order valence-corrected chi connectivity index (χ2v) is 7.40. The third kappa shape index (κ3) is 5.23. The molecule has 8 nitrogen and oxygen atoms in total. The molecule has 0 fully saturated rings. The molecule has 0 saturated carbocycles. The van der Waals surface area contributed by atoms with Crippen LogP contribution in [-0.2, 0) is 0 Å². The summed E-state index contributed by atoms with van der Waals surface area (Å²) in [5.74, 6) is 1.35. The van der Waals surface area contributed by atoms with Gasteiger partial charge in [0.2, 0.25) is 11.6 Å². The minimum absolute atomic E-state index is 0.00476. The second kappa shape index (κ2) is 9.51. The maximum Gasteiger partial charge on any atom is 0.353 e. The zero-order valence-electron chi connectivity index (χ0n) is 16.3. The standard InChI is InChI=1S/C22H15Cl2N5O3/c23-14-10-15(24)12-17(11-14)28-22-20(29(30)31)21(25-13-26-22)27-16-6-8-19(9-7-16)32-18-4-2-1-3-5-18/h1-13H,(H2,25,26,27,28).